The summed E-state index contributed by atoms with van der Waals surface area (Å²) in [4.78, 5) is 5.55. The summed E-state index contributed by atoms with van der Waals surface area (Å²) in [5.41, 5.74) is 8.11. The number of rotatable bonds is 2. The smallest absolute Gasteiger partial charge is 0.0547 e. The van der Waals surface area contributed by atoms with Gasteiger partial charge in [-0.05, 0) is 43.6 Å². The second-order valence-corrected chi connectivity index (χ2v) is 5.58. The molecule has 1 aliphatic heterocycles. The molecule has 0 amide bonds. The normalized spacial score (nSPS) is 25.1. The molecule has 2 aromatic rings. The van der Waals surface area contributed by atoms with Crippen molar-refractivity contribution in [3.05, 3.63) is 35.0 Å². The minimum absolute atomic E-state index is 0.394. The standard InChI is InChI=1S/C14H18ClN3/c1-18-8-9(7-16)6-13(18)11-2-3-12-10(14(11)15)4-5-17-12/h2-5,9,13,17H,6-8,16H2,1H3. The van der Waals surface area contributed by atoms with Crippen LogP contribution in [0.25, 0.3) is 10.9 Å². The lowest BCUT2D eigenvalue weighted by Crippen LogP contribution is -2.20. The van der Waals surface area contributed by atoms with E-state index in [1.54, 1.807) is 0 Å². The van der Waals surface area contributed by atoms with Crippen LogP contribution in [0.15, 0.2) is 24.4 Å². The fraction of sp³-hybridized carbons (Fsp3) is 0.429. The van der Waals surface area contributed by atoms with Crippen LogP contribution in [-0.4, -0.2) is 30.0 Å². The van der Waals surface area contributed by atoms with E-state index < -0.39 is 0 Å². The van der Waals surface area contributed by atoms with E-state index in [2.05, 4.69) is 29.1 Å². The Bertz CT molecular complexity index is 563. The molecular weight excluding hydrogens is 246 g/mol. The molecule has 2 unspecified atom stereocenters. The van der Waals surface area contributed by atoms with Crippen molar-refractivity contribution in [1.82, 2.24) is 9.88 Å². The number of benzene rings is 1. The van der Waals surface area contributed by atoms with Crippen molar-refractivity contribution in [3.63, 3.8) is 0 Å². The zero-order chi connectivity index (χ0) is 12.7. The van der Waals surface area contributed by atoms with Gasteiger partial charge in [0.05, 0.1) is 5.02 Å². The number of H-pyrrole nitrogens is 1. The molecule has 1 fully saturated rings. The van der Waals surface area contributed by atoms with Crippen LogP contribution in [0.4, 0.5) is 0 Å². The number of likely N-dealkylation sites (tertiary alicyclic amines) is 1. The van der Waals surface area contributed by atoms with Gasteiger partial charge in [0.2, 0.25) is 0 Å². The Hall–Kier alpha value is -1.03. The molecule has 1 aromatic carbocycles. The van der Waals surface area contributed by atoms with E-state index in [0.717, 1.165) is 35.4 Å². The number of halogens is 1. The maximum absolute atomic E-state index is 6.54. The van der Waals surface area contributed by atoms with Crippen LogP contribution < -0.4 is 5.73 Å². The Morgan fingerprint density at radius 3 is 3.00 bits per heavy atom. The van der Waals surface area contributed by atoms with Crippen LogP contribution in [-0.2, 0) is 0 Å². The number of aromatic amines is 1. The number of hydrogen-bond acceptors (Lipinski definition) is 2. The summed E-state index contributed by atoms with van der Waals surface area (Å²) in [7, 11) is 2.15. The fourth-order valence-electron chi connectivity index (χ4n) is 3.01. The summed E-state index contributed by atoms with van der Waals surface area (Å²) in [6.45, 7) is 1.81. The van der Waals surface area contributed by atoms with E-state index in [1.807, 2.05) is 12.3 Å². The van der Waals surface area contributed by atoms with Crippen molar-refractivity contribution in [2.75, 3.05) is 20.1 Å². The minimum Gasteiger partial charge on any atom is -0.361 e. The topological polar surface area (TPSA) is 45.0 Å². The molecule has 0 bridgehead atoms. The highest BCUT2D eigenvalue weighted by Crippen LogP contribution is 2.39. The third-order valence-electron chi connectivity index (χ3n) is 4.03. The Kier molecular flexibility index (Phi) is 3.06. The molecule has 1 aliphatic rings. The highest BCUT2D eigenvalue weighted by atomic mass is 35.5. The number of nitrogens with two attached hydrogens (primary N) is 1. The maximum Gasteiger partial charge on any atom is 0.0547 e. The molecule has 4 heteroatoms. The summed E-state index contributed by atoms with van der Waals surface area (Å²) >= 11 is 6.54. The van der Waals surface area contributed by atoms with E-state index in [4.69, 9.17) is 17.3 Å². The van der Waals surface area contributed by atoms with Crippen LogP contribution in [0.5, 0.6) is 0 Å². The molecule has 0 spiro atoms. The quantitative estimate of drug-likeness (QED) is 0.875. The van der Waals surface area contributed by atoms with Crippen LogP contribution in [0.1, 0.15) is 18.0 Å². The lowest BCUT2D eigenvalue weighted by atomic mass is 9.99. The second kappa shape index (κ2) is 4.57. The van der Waals surface area contributed by atoms with Gasteiger partial charge in [-0.25, -0.2) is 0 Å². The zero-order valence-corrected chi connectivity index (χ0v) is 11.2. The molecule has 0 radical (unpaired) electrons. The average molecular weight is 264 g/mol. The Morgan fingerprint density at radius 2 is 2.28 bits per heavy atom. The Morgan fingerprint density at radius 1 is 1.44 bits per heavy atom. The predicted molar refractivity (Wildman–Crippen MR) is 75.8 cm³/mol. The highest BCUT2D eigenvalue weighted by Gasteiger charge is 2.31. The van der Waals surface area contributed by atoms with Gasteiger partial charge in [0, 0.05) is 29.7 Å². The zero-order valence-electron chi connectivity index (χ0n) is 10.5. The molecular formula is C14H18ClN3. The molecule has 2 atom stereocenters. The molecule has 2 heterocycles. The molecule has 1 saturated heterocycles. The van der Waals surface area contributed by atoms with Gasteiger partial charge < -0.3 is 10.7 Å². The molecule has 3 rings (SSSR count). The van der Waals surface area contributed by atoms with Gasteiger partial charge >= 0.3 is 0 Å². The number of nitrogens with zero attached hydrogens (tertiary/aromatic N) is 1. The molecule has 18 heavy (non-hydrogen) atoms. The monoisotopic (exact) mass is 263 g/mol. The van der Waals surface area contributed by atoms with Crippen molar-refractivity contribution < 1.29 is 0 Å². The molecule has 3 nitrogen and oxygen atoms in total. The van der Waals surface area contributed by atoms with E-state index in [1.165, 1.54) is 5.56 Å². The predicted octanol–water partition coefficient (Wildman–Crippen LogP) is 2.77. The van der Waals surface area contributed by atoms with Gasteiger partial charge in [-0.1, -0.05) is 17.7 Å². The van der Waals surface area contributed by atoms with Crippen LogP contribution in [0.3, 0.4) is 0 Å². The van der Waals surface area contributed by atoms with E-state index in [9.17, 15) is 0 Å². The third kappa shape index (κ3) is 1.83. The first-order valence-corrected chi connectivity index (χ1v) is 6.74. The second-order valence-electron chi connectivity index (χ2n) is 5.20. The lowest BCUT2D eigenvalue weighted by Gasteiger charge is -2.21. The van der Waals surface area contributed by atoms with Crippen LogP contribution in [0.2, 0.25) is 5.02 Å². The molecule has 0 aliphatic carbocycles. The average Bonchev–Trinajstić information content (AvgIpc) is 2.96. The van der Waals surface area contributed by atoms with Crippen LogP contribution in [0, 0.1) is 5.92 Å². The summed E-state index contributed by atoms with van der Waals surface area (Å²) in [6, 6.07) is 6.68. The summed E-state index contributed by atoms with van der Waals surface area (Å²) in [5, 5.41) is 1.99. The van der Waals surface area contributed by atoms with E-state index in [0.29, 0.717) is 12.0 Å². The van der Waals surface area contributed by atoms with Gasteiger partial charge in [-0.2, -0.15) is 0 Å². The van der Waals surface area contributed by atoms with Crippen molar-refractivity contribution in [1.29, 1.82) is 0 Å². The first-order chi connectivity index (χ1) is 8.70. The van der Waals surface area contributed by atoms with Gasteiger partial charge in [-0.3, -0.25) is 4.90 Å². The number of aromatic nitrogens is 1. The van der Waals surface area contributed by atoms with Crippen LogP contribution >= 0.6 is 11.6 Å². The molecule has 1 aromatic heterocycles. The Balaban J connectivity index is 2.01. The molecule has 96 valence electrons. The van der Waals surface area contributed by atoms with Gasteiger partial charge in [-0.15, -0.1) is 0 Å². The van der Waals surface area contributed by atoms with E-state index in [-0.39, 0.29) is 0 Å². The van der Waals surface area contributed by atoms with Gasteiger partial charge in [0.15, 0.2) is 0 Å². The van der Waals surface area contributed by atoms with Gasteiger partial charge in [0.1, 0.15) is 0 Å². The summed E-state index contributed by atoms with van der Waals surface area (Å²) in [6.07, 6.45) is 3.03. The first-order valence-electron chi connectivity index (χ1n) is 6.36. The first kappa shape index (κ1) is 12.0. The van der Waals surface area contributed by atoms with Gasteiger partial charge in [0.25, 0.3) is 0 Å². The van der Waals surface area contributed by atoms with Crippen molar-refractivity contribution >= 4 is 22.5 Å². The largest absolute Gasteiger partial charge is 0.361 e. The van der Waals surface area contributed by atoms with E-state index >= 15 is 0 Å². The maximum atomic E-state index is 6.54. The van der Waals surface area contributed by atoms with Crippen molar-refractivity contribution in [2.24, 2.45) is 11.7 Å². The summed E-state index contributed by atoms with van der Waals surface area (Å²) < 4.78 is 0. The summed E-state index contributed by atoms with van der Waals surface area (Å²) in [5.74, 6) is 0.581. The Labute approximate surface area is 112 Å². The molecule has 3 N–H and O–H groups in total. The third-order valence-corrected chi connectivity index (χ3v) is 4.45. The fourth-order valence-corrected chi connectivity index (χ4v) is 3.36. The number of hydrogen-bond donors (Lipinski definition) is 2. The van der Waals surface area contributed by atoms with Crippen molar-refractivity contribution in [3.8, 4) is 0 Å². The highest BCUT2D eigenvalue weighted by molar-refractivity contribution is 6.36. The number of fused-ring (bicyclic) bond motifs is 1. The lowest BCUT2D eigenvalue weighted by molar-refractivity contribution is 0.314. The minimum atomic E-state index is 0.394. The SMILES string of the molecule is CN1CC(CN)CC1c1ccc2[nH]ccc2c1Cl. The number of nitrogens with one attached hydrogen (secondary N) is 1. The van der Waals surface area contributed by atoms with Crippen molar-refractivity contribution in [2.45, 2.75) is 12.5 Å². The molecule has 0 saturated carbocycles.